The second-order valence-electron chi connectivity index (χ2n) is 7.76. The van der Waals surface area contributed by atoms with E-state index in [-0.39, 0.29) is 6.79 Å². The summed E-state index contributed by atoms with van der Waals surface area (Å²) in [6.07, 6.45) is 5.78. The number of nitrogens with two attached hydrogens (primary N) is 1. The standard InChI is InChI=1S/C22H24N6O3S/c1-13(2)24-5-3-6-28-21-19(20(23)25-11-26-21)27-22(28)32-18-9-17-16(30-12-31-17)8-15(18)14-4-7-29-10-14/h4,7-11,13,24H,3,5-6,12H2,1-2H3,(H2,23,25,26). The van der Waals surface area contributed by atoms with Crippen molar-refractivity contribution < 1.29 is 13.9 Å². The van der Waals surface area contributed by atoms with Crippen LogP contribution in [0.5, 0.6) is 11.5 Å². The van der Waals surface area contributed by atoms with Crippen molar-refractivity contribution in [3.8, 4) is 22.6 Å². The molecule has 0 fully saturated rings. The second kappa shape index (κ2) is 8.71. The first-order chi connectivity index (χ1) is 15.6. The highest BCUT2D eigenvalue weighted by Gasteiger charge is 2.22. The molecular weight excluding hydrogens is 428 g/mol. The van der Waals surface area contributed by atoms with Crippen molar-refractivity contribution in [3.63, 3.8) is 0 Å². The van der Waals surface area contributed by atoms with Crippen LogP contribution >= 0.6 is 11.8 Å². The van der Waals surface area contributed by atoms with Gasteiger partial charge in [-0.3, -0.25) is 0 Å². The summed E-state index contributed by atoms with van der Waals surface area (Å²) in [6, 6.07) is 6.32. The van der Waals surface area contributed by atoms with Gasteiger partial charge in [0.25, 0.3) is 0 Å². The van der Waals surface area contributed by atoms with Crippen molar-refractivity contribution in [2.75, 3.05) is 19.1 Å². The van der Waals surface area contributed by atoms with E-state index in [1.807, 2.05) is 18.2 Å². The first kappa shape index (κ1) is 20.7. The molecule has 10 heteroatoms. The maximum absolute atomic E-state index is 6.11. The van der Waals surface area contributed by atoms with Crippen LogP contribution in [0.3, 0.4) is 0 Å². The molecule has 0 radical (unpaired) electrons. The fourth-order valence-electron chi connectivity index (χ4n) is 3.59. The molecule has 32 heavy (non-hydrogen) atoms. The molecular formula is C22H24N6O3S. The SMILES string of the molecule is CC(C)NCCCn1c(Sc2cc3c(cc2-c2ccoc2)OCO3)nc2c(N)ncnc21. The van der Waals surface area contributed by atoms with Crippen LogP contribution in [-0.2, 0) is 6.54 Å². The molecule has 0 spiro atoms. The fraction of sp³-hybridized carbons (Fsp3) is 0.318. The van der Waals surface area contributed by atoms with Gasteiger partial charge in [-0.05, 0) is 31.2 Å². The zero-order valence-electron chi connectivity index (χ0n) is 17.9. The van der Waals surface area contributed by atoms with E-state index >= 15 is 0 Å². The van der Waals surface area contributed by atoms with Gasteiger partial charge in [-0.15, -0.1) is 0 Å². The molecule has 1 aliphatic heterocycles. The van der Waals surface area contributed by atoms with Gasteiger partial charge in [-0.2, -0.15) is 0 Å². The smallest absolute Gasteiger partial charge is 0.231 e. The predicted octanol–water partition coefficient (Wildman–Crippen LogP) is 3.94. The van der Waals surface area contributed by atoms with Crippen LogP contribution in [0, 0.1) is 0 Å². The highest BCUT2D eigenvalue weighted by molar-refractivity contribution is 7.99. The number of hydrogen-bond acceptors (Lipinski definition) is 9. The number of nitrogens with zero attached hydrogens (tertiary/aromatic N) is 4. The number of rotatable bonds is 8. The number of fused-ring (bicyclic) bond motifs is 2. The number of nitrogen functional groups attached to an aromatic ring is 1. The zero-order valence-corrected chi connectivity index (χ0v) is 18.7. The average Bonchev–Trinajstić information content (AvgIpc) is 3.51. The van der Waals surface area contributed by atoms with Crippen LogP contribution < -0.4 is 20.5 Å². The highest BCUT2D eigenvalue weighted by Crippen LogP contribution is 2.45. The zero-order chi connectivity index (χ0) is 22.1. The van der Waals surface area contributed by atoms with E-state index in [4.69, 9.17) is 24.6 Å². The van der Waals surface area contributed by atoms with Crippen molar-refractivity contribution in [1.29, 1.82) is 0 Å². The quantitative estimate of drug-likeness (QED) is 0.384. The van der Waals surface area contributed by atoms with Crippen LogP contribution in [0.1, 0.15) is 20.3 Å². The molecule has 0 saturated heterocycles. The summed E-state index contributed by atoms with van der Waals surface area (Å²) >= 11 is 1.53. The van der Waals surface area contributed by atoms with E-state index in [2.05, 4.69) is 33.7 Å². The van der Waals surface area contributed by atoms with Crippen LogP contribution in [-0.4, -0.2) is 38.9 Å². The summed E-state index contributed by atoms with van der Waals surface area (Å²) in [4.78, 5) is 14.3. The molecule has 0 saturated carbocycles. The molecule has 9 nitrogen and oxygen atoms in total. The third-order valence-corrected chi connectivity index (χ3v) is 6.20. The Morgan fingerprint density at radius 1 is 1.22 bits per heavy atom. The van der Waals surface area contributed by atoms with Crippen LogP contribution in [0.2, 0.25) is 0 Å². The Bertz CT molecular complexity index is 1240. The molecule has 1 aromatic carbocycles. The number of nitrogens with one attached hydrogen (secondary N) is 1. The van der Waals surface area contributed by atoms with Gasteiger partial charge in [0.1, 0.15) is 6.33 Å². The molecule has 4 aromatic rings. The van der Waals surface area contributed by atoms with Gasteiger partial charge >= 0.3 is 0 Å². The fourth-order valence-corrected chi connectivity index (χ4v) is 4.67. The summed E-state index contributed by atoms with van der Waals surface area (Å²) < 4.78 is 18.6. The maximum Gasteiger partial charge on any atom is 0.231 e. The Labute approximate surface area is 189 Å². The van der Waals surface area contributed by atoms with Gasteiger partial charge in [0.15, 0.2) is 33.6 Å². The van der Waals surface area contributed by atoms with E-state index in [1.54, 1.807) is 12.5 Å². The molecule has 3 aromatic heterocycles. The Morgan fingerprint density at radius 2 is 2.06 bits per heavy atom. The maximum atomic E-state index is 6.11. The Hall–Kier alpha value is -3.24. The monoisotopic (exact) mass is 452 g/mol. The molecule has 3 N–H and O–H groups in total. The number of hydrogen-bond donors (Lipinski definition) is 2. The van der Waals surface area contributed by atoms with E-state index in [1.165, 1.54) is 18.1 Å². The second-order valence-corrected chi connectivity index (χ2v) is 8.76. The van der Waals surface area contributed by atoms with Crippen molar-refractivity contribution in [3.05, 3.63) is 37.1 Å². The highest BCUT2D eigenvalue weighted by atomic mass is 32.2. The summed E-state index contributed by atoms with van der Waals surface area (Å²) in [7, 11) is 0. The van der Waals surface area contributed by atoms with Gasteiger partial charge in [0.05, 0.1) is 12.5 Å². The van der Waals surface area contributed by atoms with Crippen molar-refractivity contribution in [2.24, 2.45) is 0 Å². The molecule has 0 amide bonds. The lowest BCUT2D eigenvalue weighted by Crippen LogP contribution is -2.24. The number of imidazole rings is 1. The molecule has 166 valence electrons. The lowest BCUT2D eigenvalue weighted by Gasteiger charge is -2.12. The van der Waals surface area contributed by atoms with E-state index in [9.17, 15) is 0 Å². The van der Waals surface area contributed by atoms with Gasteiger partial charge in [0.2, 0.25) is 6.79 Å². The first-order valence-electron chi connectivity index (χ1n) is 10.4. The Morgan fingerprint density at radius 3 is 2.84 bits per heavy atom. The van der Waals surface area contributed by atoms with Crippen molar-refractivity contribution in [1.82, 2.24) is 24.8 Å². The van der Waals surface area contributed by atoms with Gasteiger partial charge in [-0.25, -0.2) is 15.0 Å². The lowest BCUT2D eigenvalue weighted by atomic mass is 10.1. The Balaban J connectivity index is 1.54. The minimum atomic E-state index is 0.210. The van der Waals surface area contributed by atoms with Gasteiger partial charge in [-0.1, -0.05) is 25.6 Å². The van der Waals surface area contributed by atoms with E-state index < -0.39 is 0 Å². The Kier molecular flexibility index (Phi) is 5.62. The minimum Gasteiger partial charge on any atom is -0.472 e. The van der Waals surface area contributed by atoms with Crippen LogP contribution in [0.15, 0.2) is 51.5 Å². The first-order valence-corrected chi connectivity index (χ1v) is 11.3. The number of aromatic nitrogens is 4. The molecule has 5 rings (SSSR count). The van der Waals surface area contributed by atoms with Gasteiger partial charge < -0.3 is 29.5 Å². The topological polar surface area (TPSA) is 113 Å². The number of aryl methyl sites for hydroxylation is 1. The van der Waals surface area contributed by atoms with Crippen LogP contribution in [0.25, 0.3) is 22.3 Å². The lowest BCUT2D eigenvalue weighted by molar-refractivity contribution is 0.174. The molecule has 0 bridgehead atoms. The average molecular weight is 453 g/mol. The third kappa shape index (κ3) is 3.98. The van der Waals surface area contributed by atoms with E-state index in [0.717, 1.165) is 46.3 Å². The number of benzene rings is 1. The summed E-state index contributed by atoms with van der Waals surface area (Å²) in [6.45, 7) is 6.13. The van der Waals surface area contributed by atoms with Crippen molar-refractivity contribution in [2.45, 2.75) is 42.9 Å². The summed E-state index contributed by atoms with van der Waals surface area (Å²) in [5.74, 6) is 1.80. The minimum absolute atomic E-state index is 0.210. The summed E-state index contributed by atoms with van der Waals surface area (Å²) in [5.41, 5.74) is 9.38. The number of furan rings is 1. The third-order valence-electron chi connectivity index (χ3n) is 5.14. The van der Waals surface area contributed by atoms with E-state index in [0.29, 0.717) is 28.9 Å². The normalized spacial score (nSPS) is 12.8. The molecule has 0 aliphatic carbocycles. The largest absolute Gasteiger partial charge is 0.472 e. The molecule has 1 aliphatic rings. The summed E-state index contributed by atoms with van der Waals surface area (Å²) in [5, 5.41) is 4.25. The molecule has 4 heterocycles. The molecule has 0 atom stereocenters. The number of ether oxygens (including phenoxy) is 2. The van der Waals surface area contributed by atoms with Crippen molar-refractivity contribution >= 4 is 28.7 Å². The van der Waals surface area contributed by atoms with Gasteiger partial charge in [0, 0.05) is 28.6 Å². The predicted molar refractivity (Wildman–Crippen MR) is 122 cm³/mol. The number of anilines is 1. The van der Waals surface area contributed by atoms with Crippen LogP contribution in [0.4, 0.5) is 5.82 Å². The molecule has 0 unspecified atom stereocenters.